The van der Waals surface area contributed by atoms with Crippen LogP contribution in [0.3, 0.4) is 0 Å². The highest BCUT2D eigenvalue weighted by Crippen LogP contribution is 2.35. The molecule has 1 aliphatic heterocycles. The molecule has 0 N–H and O–H groups in total. The number of aromatic nitrogens is 1. The third-order valence-electron chi connectivity index (χ3n) is 3.44. The molecule has 1 aliphatic rings. The zero-order valence-corrected chi connectivity index (χ0v) is 11.7. The maximum absolute atomic E-state index is 4.49. The Morgan fingerprint density at radius 2 is 2.17 bits per heavy atom. The van der Waals surface area contributed by atoms with Crippen LogP contribution < -0.4 is 0 Å². The van der Waals surface area contributed by atoms with Gasteiger partial charge in [0.05, 0.1) is 5.52 Å². The first-order valence-corrected chi connectivity index (χ1v) is 7.27. The summed E-state index contributed by atoms with van der Waals surface area (Å²) in [5, 5.41) is 1.24. The normalized spacial score (nSPS) is 15.2. The number of benzene rings is 1. The number of hydrogen-bond acceptors (Lipinski definition) is 3. The zero-order chi connectivity index (χ0) is 12.7. The standard InChI is InChI=1S/C15H16N2S/c1-10-9-17(2)15(10)11-7-13-12(5-4-6-16-13)14(8-11)18-3/h4-8H,9H2,1-3H3. The van der Waals surface area contributed by atoms with Crippen molar-refractivity contribution in [2.75, 3.05) is 19.8 Å². The molecule has 0 saturated heterocycles. The summed E-state index contributed by atoms with van der Waals surface area (Å²) in [7, 11) is 2.14. The Labute approximate surface area is 112 Å². The van der Waals surface area contributed by atoms with Crippen molar-refractivity contribution in [3.05, 3.63) is 41.6 Å². The molecule has 1 aromatic carbocycles. The SMILES string of the molecule is CSc1cc(C2=C(C)CN2C)cc2ncccc12. The molecule has 2 nitrogen and oxygen atoms in total. The average Bonchev–Trinajstić information content (AvgIpc) is 2.37. The molecule has 0 aliphatic carbocycles. The monoisotopic (exact) mass is 256 g/mol. The minimum Gasteiger partial charge on any atom is -0.370 e. The van der Waals surface area contributed by atoms with E-state index in [1.807, 2.05) is 12.3 Å². The molecule has 0 fully saturated rings. The maximum atomic E-state index is 4.49. The van der Waals surface area contributed by atoms with E-state index in [9.17, 15) is 0 Å². The van der Waals surface area contributed by atoms with Crippen molar-refractivity contribution in [3.63, 3.8) is 0 Å². The van der Waals surface area contributed by atoms with E-state index in [4.69, 9.17) is 0 Å². The minimum atomic E-state index is 1.07. The predicted molar refractivity (Wildman–Crippen MR) is 78.7 cm³/mol. The van der Waals surface area contributed by atoms with Gasteiger partial charge >= 0.3 is 0 Å². The molecule has 3 rings (SSSR count). The predicted octanol–water partition coefficient (Wildman–Crippen LogP) is 3.63. The Balaban J connectivity index is 2.23. The Kier molecular flexibility index (Phi) is 2.78. The first kappa shape index (κ1) is 11.6. The number of nitrogens with zero attached hydrogens (tertiary/aromatic N) is 2. The summed E-state index contributed by atoms with van der Waals surface area (Å²) in [6, 6.07) is 8.62. The van der Waals surface area contributed by atoms with Crippen LogP contribution >= 0.6 is 11.8 Å². The van der Waals surface area contributed by atoms with Gasteiger partial charge in [0.25, 0.3) is 0 Å². The first-order chi connectivity index (χ1) is 8.70. The van der Waals surface area contributed by atoms with Gasteiger partial charge in [-0.05, 0) is 37.0 Å². The third kappa shape index (κ3) is 1.70. The highest BCUT2D eigenvalue weighted by Gasteiger charge is 2.21. The number of pyridine rings is 1. The van der Waals surface area contributed by atoms with Gasteiger partial charge in [0, 0.05) is 41.3 Å². The van der Waals surface area contributed by atoms with Crippen LogP contribution in [0.1, 0.15) is 12.5 Å². The molecular weight excluding hydrogens is 240 g/mol. The van der Waals surface area contributed by atoms with Crippen LogP contribution in [0, 0.1) is 0 Å². The summed E-state index contributed by atoms with van der Waals surface area (Å²) in [5.74, 6) is 0. The second kappa shape index (κ2) is 4.32. The molecule has 0 saturated carbocycles. The van der Waals surface area contributed by atoms with Gasteiger partial charge < -0.3 is 4.90 Å². The van der Waals surface area contributed by atoms with E-state index in [-0.39, 0.29) is 0 Å². The van der Waals surface area contributed by atoms with E-state index in [1.165, 1.54) is 27.1 Å². The largest absolute Gasteiger partial charge is 0.370 e. The third-order valence-corrected chi connectivity index (χ3v) is 4.21. The quantitative estimate of drug-likeness (QED) is 0.763. The fourth-order valence-electron chi connectivity index (χ4n) is 2.67. The van der Waals surface area contributed by atoms with Crippen molar-refractivity contribution in [3.8, 4) is 0 Å². The maximum Gasteiger partial charge on any atom is 0.0719 e. The van der Waals surface area contributed by atoms with Gasteiger partial charge in [-0.2, -0.15) is 0 Å². The Hall–Kier alpha value is -1.48. The van der Waals surface area contributed by atoms with Gasteiger partial charge in [-0.3, -0.25) is 4.98 Å². The average molecular weight is 256 g/mol. The molecule has 0 unspecified atom stereocenters. The summed E-state index contributed by atoms with van der Waals surface area (Å²) >= 11 is 1.79. The smallest absolute Gasteiger partial charge is 0.0719 e. The minimum absolute atomic E-state index is 1.07. The molecule has 2 heterocycles. The number of likely N-dealkylation sites (N-methyl/N-ethyl adjacent to an activating group) is 1. The van der Waals surface area contributed by atoms with E-state index >= 15 is 0 Å². The van der Waals surface area contributed by atoms with Gasteiger partial charge in [0.15, 0.2) is 0 Å². The highest BCUT2D eigenvalue weighted by molar-refractivity contribution is 7.98. The van der Waals surface area contributed by atoms with E-state index in [1.54, 1.807) is 11.8 Å². The Morgan fingerprint density at radius 1 is 1.33 bits per heavy atom. The lowest BCUT2D eigenvalue weighted by atomic mass is 9.98. The molecule has 18 heavy (non-hydrogen) atoms. The molecule has 0 bridgehead atoms. The molecule has 2 aromatic rings. The van der Waals surface area contributed by atoms with Crippen LogP contribution in [0.2, 0.25) is 0 Å². The van der Waals surface area contributed by atoms with Crippen LogP contribution in [0.4, 0.5) is 0 Å². The van der Waals surface area contributed by atoms with Crippen LogP contribution in [-0.4, -0.2) is 29.7 Å². The van der Waals surface area contributed by atoms with E-state index in [0.717, 1.165) is 12.1 Å². The molecular formula is C15H16N2S. The molecule has 0 spiro atoms. The van der Waals surface area contributed by atoms with Crippen molar-refractivity contribution < 1.29 is 0 Å². The highest BCUT2D eigenvalue weighted by atomic mass is 32.2. The second-order valence-electron chi connectivity index (χ2n) is 4.73. The lowest BCUT2D eigenvalue weighted by molar-refractivity contribution is 0.466. The summed E-state index contributed by atoms with van der Waals surface area (Å²) in [4.78, 5) is 8.08. The van der Waals surface area contributed by atoms with Crippen molar-refractivity contribution in [1.82, 2.24) is 9.88 Å². The number of fused-ring (bicyclic) bond motifs is 1. The number of hydrogen-bond donors (Lipinski definition) is 0. The zero-order valence-electron chi connectivity index (χ0n) is 10.9. The fourth-order valence-corrected chi connectivity index (χ4v) is 3.30. The summed E-state index contributed by atoms with van der Waals surface area (Å²) in [6.07, 6.45) is 3.99. The Bertz CT molecular complexity index is 646. The van der Waals surface area contributed by atoms with Gasteiger partial charge in [-0.1, -0.05) is 6.07 Å². The molecule has 0 amide bonds. The summed E-state index contributed by atoms with van der Waals surface area (Å²) in [6.45, 7) is 3.28. The van der Waals surface area contributed by atoms with Crippen molar-refractivity contribution in [1.29, 1.82) is 0 Å². The van der Waals surface area contributed by atoms with Gasteiger partial charge in [0.1, 0.15) is 0 Å². The molecule has 92 valence electrons. The van der Waals surface area contributed by atoms with Crippen LogP contribution in [0.25, 0.3) is 16.6 Å². The molecule has 3 heteroatoms. The fraction of sp³-hybridized carbons (Fsp3) is 0.267. The van der Waals surface area contributed by atoms with Crippen molar-refractivity contribution in [2.45, 2.75) is 11.8 Å². The number of thioether (sulfide) groups is 1. The summed E-state index contributed by atoms with van der Waals surface area (Å²) < 4.78 is 0. The van der Waals surface area contributed by atoms with E-state index in [0.29, 0.717) is 0 Å². The Morgan fingerprint density at radius 3 is 2.83 bits per heavy atom. The van der Waals surface area contributed by atoms with Crippen LogP contribution in [0.5, 0.6) is 0 Å². The van der Waals surface area contributed by atoms with Gasteiger partial charge in [-0.25, -0.2) is 0 Å². The first-order valence-electron chi connectivity index (χ1n) is 6.04. The lowest BCUT2D eigenvalue weighted by Crippen LogP contribution is -2.30. The molecule has 0 radical (unpaired) electrons. The topological polar surface area (TPSA) is 16.1 Å². The second-order valence-corrected chi connectivity index (χ2v) is 5.58. The number of rotatable bonds is 2. The summed E-state index contributed by atoms with van der Waals surface area (Å²) in [5.41, 5.74) is 5.19. The molecule has 1 aromatic heterocycles. The van der Waals surface area contributed by atoms with Crippen molar-refractivity contribution >= 4 is 28.4 Å². The van der Waals surface area contributed by atoms with Crippen molar-refractivity contribution in [2.24, 2.45) is 0 Å². The van der Waals surface area contributed by atoms with Crippen LogP contribution in [0.15, 0.2) is 40.9 Å². The van der Waals surface area contributed by atoms with E-state index in [2.05, 4.69) is 48.3 Å². The van der Waals surface area contributed by atoms with Crippen LogP contribution in [-0.2, 0) is 0 Å². The lowest BCUT2D eigenvalue weighted by Gasteiger charge is -2.35. The van der Waals surface area contributed by atoms with Gasteiger partial charge in [0.2, 0.25) is 0 Å². The van der Waals surface area contributed by atoms with Gasteiger partial charge in [-0.15, -0.1) is 11.8 Å². The van der Waals surface area contributed by atoms with E-state index < -0.39 is 0 Å². The molecule has 0 atom stereocenters.